The van der Waals surface area contributed by atoms with Gasteiger partial charge in [-0.1, -0.05) is 13.8 Å². The Balaban J connectivity index is 2.28. The number of primary amides is 1. The summed E-state index contributed by atoms with van der Waals surface area (Å²) in [5, 5.41) is 9.06. The van der Waals surface area contributed by atoms with Crippen molar-refractivity contribution in [2.24, 2.45) is 17.6 Å². The minimum atomic E-state index is -4.89. The summed E-state index contributed by atoms with van der Waals surface area (Å²) in [5.41, 5.74) is 2.84. The summed E-state index contributed by atoms with van der Waals surface area (Å²) < 4.78 is 69.8. The number of halogens is 5. The first kappa shape index (κ1) is 22.4. The van der Waals surface area contributed by atoms with Crippen LogP contribution in [0.15, 0.2) is 24.5 Å². The van der Waals surface area contributed by atoms with Crippen molar-refractivity contribution >= 4 is 11.7 Å². The highest BCUT2D eigenvalue weighted by atomic mass is 19.4. The molecule has 1 amide bonds. The van der Waals surface area contributed by atoms with E-state index in [0.29, 0.717) is 6.20 Å². The van der Waals surface area contributed by atoms with E-state index in [1.165, 1.54) is 24.8 Å². The molecule has 2 aromatic rings. The maximum Gasteiger partial charge on any atom is 0.418 e. The second-order valence-electron chi connectivity index (χ2n) is 7.53. The summed E-state index contributed by atoms with van der Waals surface area (Å²) in [7, 11) is 0. The van der Waals surface area contributed by atoms with Crippen molar-refractivity contribution < 1.29 is 26.7 Å². The third kappa shape index (κ3) is 4.02. The number of nitrogens with two attached hydrogens (primary N) is 1. The fraction of sp³-hybridized carbons (Fsp3) is 0.400. The number of hydrogen-bond donors (Lipinski definition) is 1. The van der Waals surface area contributed by atoms with Crippen LogP contribution in [0.1, 0.15) is 35.5 Å². The minimum absolute atomic E-state index is 0.111. The summed E-state index contributed by atoms with van der Waals surface area (Å²) in [4.78, 5) is 21.2. The van der Waals surface area contributed by atoms with Crippen molar-refractivity contribution in [1.29, 1.82) is 5.26 Å². The predicted octanol–water partition coefficient (Wildman–Crippen LogP) is 3.86. The fourth-order valence-corrected chi connectivity index (χ4v) is 3.77. The highest BCUT2D eigenvalue weighted by Gasteiger charge is 2.48. The first-order valence-corrected chi connectivity index (χ1v) is 9.27. The molecule has 0 spiro atoms. The molecule has 0 saturated carbocycles. The summed E-state index contributed by atoms with van der Waals surface area (Å²) in [6, 6.07) is 4.02. The fourth-order valence-electron chi connectivity index (χ4n) is 3.77. The molecule has 1 fully saturated rings. The summed E-state index contributed by atoms with van der Waals surface area (Å²) in [6.45, 7) is 2.18. The Morgan fingerprint density at radius 1 is 1.26 bits per heavy atom. The van der Waals surface area contributed by atoms with Crippen molar-refractivity contribution in [1.82, 2.24) is 9.97 Å². The molecule has 0 radical (unpaired) electrons. The minimum Gasteiger partial charge on any atom is -0.365 e. The Morgan fingerprint density at radius 3 is 2.39 bits per heavy atom. The zero-order chi connectivity index (χ0) is 23.1. The third-order valence-corrected chi connectivity index (χ3v) is 5.38. The SMILES string of the molecule is C[C@@H]1CN(c2ncc(C(F)(F)F)c(-c3ccnc(C#N)c3)c2C(N)=O)C[C@H](C)C1(F)F. The lowest BCUT2D eigenvalue weighted by Crippen LogP contribution is -2.52. The van der Waals surface area contributed by atoms with Gasteiger partial charge in [-0.05, 0) is 17.7 Å². The van der Waals surface area contributed by atoms with E-state index in [2.05, 4.69) is 9.97 Å². The normalized spacial score (nSPS) is 20.9. The van der Waals surface area contributed by atoms with E-state index < -0.39 is 46.5 Å². The van der Waals surface area contributed by atoms with Crippen molar-refractivity contribution in [3.8, 4) is 17.2 Å². The number of nitriles is 1. The van der Waals surface area contributed by atoms with Crippen molar-refractivity contribution in [3.05, 3.63) is 41.3 Å². The van der Waals surface area contributed by atoms with Crippen LogP contribution in [0.3, 0.4) is 0 Å². The first-order valence-electron chi connectivity index (χ1n) is 9.27. The van der Waals surface area contributed by atoms with Gasteiger partial charge in [-0.25, -0.2) is 18.7 Å². The number of hydrogen-bond acceptors (Lipinski definition) is 5. The van der Waals surface area contributed by atoms with Gasteiger partial charge in [0.05, 0.1) is 11.1 Å². The molecule has 6 nitrogen and oxygen atoms in total. The molecule has 164 valence electrons. The van der Waals surface area contributed by atoms with Crippen LogP contribution < -0.4 is 10.6 Å². The number of anilines is 1. The van der Waals surface area contributed by atoms with E-state index in [0.717, 1.165) is 12.3 Å². The van der Waals surface area contributed by atoms with Crippen LogP contribution in [-0.2, 0) is 6.18 Å². The Hall–Kier alpha value is -3.29. The largest absolute Gasteiger partial charge is 0.418 e. The predicted molar refractivity (Wildman–Crippen MR) is 101 cm³/mol. The molecule has 0 aliphatic carbocycles. The molecule has 1 saturated heterocycles. The van der Waals surface area contributed by atoms with E-state index in [-0.39, 0.29) is 30.2 Å². The van der Waals surface area contributed by atoms with Crippen LogP contribution in [0.25, 0.3) is 11.1 Å². The van der Waals surface area contributed by atoms with Crippen LogP contribution in [-0.4, -0.2) is 34.9 Å². The average molecular weight is 439 g/mol. The monoisotopic (exact) mass is 439 g/mol. The molecule has 2 aromatic heterocycles. The van der Waals surface area contributed by atoms with Gasteiger partial charge in [0.2, 0.25) is 0 Å². The highest BCUT2D eigenvalue weighted by Crippen LogP contribution is 2.44. The maximum atomic E-state index is 14.3. The number of carbonyl (C=O) groups excluding carboxylic acids is 1. The zero-order valence-electron chi connectivity index (χ0n) is 16.5. The number of nitrogens with zero attached hydrogens (tertiary/aromatic N) is 4. The second-order valence-corrected chi connectivity index (χ2v) is 7.53. The van der Waals surface area contributed by atoms with Gasteiger partial charge < -0.3 is 10.6 Å². The van der Waals surface area contributed by atoms with Gasteiger partial charge >= 0.3 is 6.18 Å². The van der Waals surface area contributed by atoms with Gasteiger partial charge in [-0.2, -0.15) is 18.4 Å². The summed E-state index contributed by atoms with van der Waals surface area (Å²) >= 11 is 0. The average Bonchev–Trinajstić information content (AvgIpc) is 2.70. The highest BCUT2D eigenvalue weighted by molar-refractivity contribution is 6.05. The van der Waals surface area contributed by atoms with E-state index >= 15 is 0 Å². The number of pyridine rings is 2. The van der Waals surface area contributed by atoms with Gasteiger partial charge in [0.1, 0.15) is 17.6 Å². The second kappa shape index (κ2) is 7.76. The van der Waals surface area contributed by atoms with Crippen LogP contribution in [0.2, 0.25) is 0 Å². The van der Waals surface area contributed by atoms with Crippen molar-refractivity contribution in [3.63, 3.8) is 0 Å². The lowest BCUT2D eigenvalue weighted by atomic mass is 9.86. The van der Waals surface area contributed by atoms with Crippen molar-refractivity contribution in [2.45, 2.75) is 25.9 Å². The molecule has 11 heteroatoms. The van der Waals surface area contributed by atoms with Gasteiger partial charge in [-0.3, -0.25) is 4.79 Å². The number of aromatic nitrogens is 2. The number of piperidine rings is 1. The zero-order valence-corrected chi connectivity index (χ0v) is 16.5. The Kier molecular flexibility index (Phi) is 5.60. The van der Waals surface area contributed by atoms with E-state index in [9.17, 15) is 26.7 Å². The molecule has 2 N–H and O–H groups in total. The van der Waals surface area contributed by atoms with Crippen LogP contribution in [0, 0.1) is 23.2 Å². The molecular weight excluding hydrogens is 421 g/mol. The topological polar surface area (TPSA) is 95.9 Å². The molecule has 3 rings (SSSR count). The number of amides is 1. The Labute approximate surface area is 174 Å². The molecule has 0 unspecified atom stereocenters. The summed E-state index contributed by atoms with van der Waals surface area (Å²) in [5.74, 6) is -6.65. The van der Waals surface area contributed by atoms with E-state index in [1.807, 2.05) is 0 Å². The lowest BCUT2D eigenvalue weighted by Gasteiger charge is -2.42. The molecule has 1 aliphatic heterocycles. The standard InChI is InChI=1S/C20H18F5N5O/c1-10-8-30(9-11(2)19(10,21)22)18-16(17(27)31)15(14(7-29-18)20(23,24)25)12-3-4-28-13(5-12)6-26/h3-5,7,10-11H,8-9H2,1-2H3,(H2,27,31)/t10-,11+. The summed E-state index contributed by atoms with van der Waals surface area (Å²) in [6.07, 6.45) is -3.22. The van der Waals surface area contributed by atoms with E-state index in [1.54, 1.807) is 6.07 Å². The molecule has 31 heavy (non-hydrogen) atoms. The molecular formula is C20H18F5N5O. The smallest absolute Gasteiger partial charge is 0.365 e. The molecule has 1 aliphatic rings. The first-order chi connectivity index (χ1) is 14.4. The maximum absolute atomic E-state index is 14.3. The van der Waals surface area contributed by atoms with Crippen LogP contribution in [0.5, 0.6) is 0 Å². The molecule has 2 atom stereocenters. The lowest BCUT2D eigenvalue weighted by molar-refractivity contribution is -0.137. The van der Waals surface area contributed by atoms with E-state index in [4.69, 9.17) is 11.0 Å². The molecule has 0 bridgehead atoms. The van der Waals surface area contributed by atoms with Crippen LogP contribution >= 0.6 is 0 Å². The van der Waals surface area contributed by atoms with Gasteiger partial charge in [-0.15, -0.1) is 0 Å². The Morgan fingerprint density at radius 2 is 1.87 bits per heavy atom. The molecule has 0 aromatic carbocycles. The molecule has 3 heterocycles. The third-order valence-electron chi connectivity index (χ3n) is 5.38. The number of alkyl halides is 5. The number of rotatable bonds is 3. The van der Waals surface area contributed by atoms with Crippen LogP contribution in [0.4, 0.5) is 27.8 Å². The Bertz CT molecular complexity index is 1050. The van der Waals surface area contributed by atoms with Gasteiger partial charge in [0.25, 0.3) is 11.8 Å². The van der Waals surface area contributed by atoms with Crippen molar-refractivity contribution in [2.75, 3.05) is 18.0 Å². The number of carbonyl (C=O) groups is 1. The van der Waals surface area contributed by atoms with Gasteiger partial charge in [0, 0.05) is 42.9 Å². The quantitative estimate of drug-likeness (QED) is 0.733. The van der Waals surface area contributed by atoms with Gasteiger partial charge in [0.15, 0.2) is 0 Å².